The van der Waals surface area contributed by atoms with Crippen LogP contribution in [0.5, 0.6) is 11.5 Å². The number of carbonyl (C=O) groups is 1. The van der Waals surface area contributed by atoms with Gasteiger partial charge in [-0.15, -0.1) is 0 Å². The Bertz CT molecular complexity index is 538. The minimum Gasteiger partial charge on any atom is -0.486 e. The van der Waals surface area contributed by atoms with Crippen LogP contribution < -0.4 is 25.4 Å². The molecule has 1 unspecified atom stereocenters. The fourth-order valence-electron chi connectivity index (χ4n) is 3.11. The Labute approximate surface area is 116 Å². The highest BCUT2D eigenvalue weighted by atomic mass is 16.6. The minimum atomic E-state index is -0.174. The van der Waals surface area contributed by atoms with Gasteiger partial charge in [0.15, 0.2) is 11.5 Å². The van der Waals surface area contributed by atoms with Gasteiger partial charge in [0, 0.05) is 19.1 Å². The van der Waals surface area contributed by atoms with Gasteiger partial charge in [0.05, 0.1) is 5.69 Å². The number of hydrogen-bond acceptors (Lipinski definition) is 4. The molecule has 1 aliphatic carbocycles. The Balaban J connectivity index is 1.42. The third-order valence-corrected chi connectivity index (χ3v) is 4.20. The summed E-state index contributed by atoms with van der Waals surface area (Å²) in [6, 6.07) is 5.65. The van der Waals surface area contributed by atoms with Crippen LogP contribution in [0.1, 0.15) is 0 Å². The van der Waals surface area contributed by atoms with E-state index in [4.69, 9.17) is 9.47 Å². The number of ether oxygens (including phenoxy) is 2. The molecule has 2 aliphatic heterocycles. The summed E-state index contributed by atoms with van der Waals surface area (Å²) in [5.41, 5.74) is 0.656. The van der Waals surface area contributed by atoms with Crippen LogP contribution >= 0.6 is 0 Å². The highest BCUT2D eigenvalue weighted by Crippen LogP contribution is 2.42. The summed E-state index contributed by atoms with van der Waals surface area (Å²) in [6.07, 6.45) is 0. The number of para-hydroxylation sites is 1. The molecule has 6 nitrogen and oxygen atoms in total. The molecular weight excluding hydrogens is 258 g/mol. The van der Waals surface area contributed by atoms with Crippen molar-refractivity contribution in [2.24, 2.45) is 11.8 Å². The second-order valence-electron chi connectivity index (χ2n) is 5.44. The smallest absolute Gasteiger partial charge is 0.319 e. The Hall–Kier alpha value is -1.95. The molecule has 6 heteroatoms. The van der Waals surface area contributed by atoms with Crippen LogP contribution in [-0.2, 0) is 0 Å². The molecule has 1 saturated carbocycles. The van der Waals surface area contributed by atoms with Gasteiger partial charge in [0.25, 0.3) is 0 Å². The minimum absolute atomic E-state index is 0.174. The summed E-state index contributed by atoms with van der Waals surface area (Å²) in [7, 11) is 0. The summed E-state index contributed by atoms with van der Waals surface area (Å²) in [6.45, 7) is 3.06. The van der Waals surface area contributed by atoms with Crippen LogP contribution in [0.25, 0.3) is 0 Å². The molecule has 1 aromatic rings. The topological polar surface area (TPSA) is 71.6 Å². The van der Waals surface area contributed by atoms with Gasteiger partial charge < -0.3 is 25.4 Å². The van der Waals surface area contributed by atoms with E-state index >= 15 is 0 Å². The first-order valence-corrected chi connectivity index (χ1v) is 7.00. The quantitative estimate of drug-likeness (QED) is 0.746. The second-order valence-corrected chi connectivity index (χ2v) is 5.44. The van der Waals surface area contributed by atoms with Gasteiger partial charge in [0.1, 0.15) is 13.2 Å². The highest BCUT2D eigenvalue weighted by Gasteiger charge is 2.53. The standard InChI is InChI=1S/C14H17N3O3/c18-14(17-12-8-6-15-7-9(8)12)16-10-2-1-3-11-13(10)20-5-4-19-11/h1-3,8-9,12,15H,4-7H2,(H2,16,17,18)/t8-,9+,12?. The molecule has 3 aliphatic rings. The lowest BCUT2D eigenvalue weighted by Crippen LogP contribution is -2.35. The largest absolute Gasteiger partial charge is 0.486 e. The van der Waals surface area contributed by atoms with Gasteiger partial charge >= 0.3 is 6.03 Å². The number of urea groups is 1. The molecule has 0 aromatic heterocycles. The average Bonchev–Trinajstić information content (AvgIpc) is 2.90. The molecular formula is C14H17N3O3. The molecule has 2 fully saturated rings. The van der Waals surface area contributed by atoms with Crippen LogP contribution in [0.3, 0.4) is 0 Å². The maximum atomic E-state index is 12.0. The molecule has 1 aromatic carbocycles. The normalized spacial score (nSPS) is 29.5. The highest BCUT2D eigenvalue weighted by molar-refractivity contribution is 5.92. The van der Waals surface area contributed by atoms with Crippen molar-refractivity contribution in [1.82, 2.24) is 10.6 Å². The third kappa shape index (κ3) is 1.96. The number of rotatable bonds is 2. The Morgan fingerprint density at radius 2 is 2.00 bits per heavy atom. The first kappa shape index (κ1) is 11.8. The first-order valence-electron chi connectivity index (χ1n) is 7.00. The summed E-state index contributed by atoms with van der Waals surface area (Å²) >= 11 is 0. The van der Waals surface area contributed by atoms with E-state index in [1.807, 2.05) is 18.2 Å². The molecule has 1 saturated heterocycles. The van der Waals surface area contributed by atoms with E-state index in [1.165, 1.54) is 0 Å². The number of benzene rings is 1. The van der Waals surface area contributed by atoms with Gasteiger partial charge in [-0.3, -0.25) is 0 Å². The maximum absolute atomic E-state index is 12.0. The van der Waals surface area contributed by atoms with E-state index in [-0.39, 0.29) is 6.03 Å². The van der Waals surface area contributed by atoms with Crippen molar-refractivity contribution >= 4 is 11.7 Å². The van der Waals surface area contributed by atoms with E-state index < -0.39 is 0 Å². The summed E-state index contributed by atoms with van der Waals surface area (Å²) in [4.78, 5) is 12.0. The molecule has 0 radical (unpaired) electrons. The number of piperidine rings is 1. The number of amides is 2. The number of fused-ring (bicyclic) bond motifs is 2. The van der Waals surface area contributed by atoms with Crippen molar-refractivity contribution in [2.45, 2.75) is 6.04 Å². The number of nitrogens with one attached hydrogen (secondary N) is 3. The lowest BCUT2D eigenvalue weighted by Gasteiger charge is -2.21. The number of hydrogen-bond donors (Lipinski definition) is 3. The van der Waals surface area contributed by atoms with Crippen molar-refractivity contribution in [3.05, 3.63) is 18.2 Å². The maximum Gasteiger partial charge on any atom is 0.319 e. The van der Waals surface area contributed by atoms with E-state index in [9.17, 15) is 4.79 Å². The molecule has 20 heavy (non-hydrogen) atoms. The Morgan fingerprint density at radius 3 is 2.85 bits per heavy atom. The summed E-state index contributed by atoms with van der Waals surface area (Å²) in [5.74, 6) is 2.50. The second kappa shape index (κ2) is 4.56. The van der Waals surface area contributed by atoms with E-state index in [0.29, 0.717) is 48.3 Å². The van der Waals surface area contributed by atoms with Gasteiger partial charge in [-0.25, -0.2) is 4.79 Å². The van der Waals surface area contributed by atoms with E-state index in [0.717, 1.165) is 13.1 Å². The molecule has 3 atom stereocenters. The predicted molar refractivity (Wildman–Crippen MR) is 73.2 cm³/mol. The lowest BCUT2D eigenvalue weighted by molar-refractivity contribution is 0.172. The van der Waals surface area contributed by atoms with E-state index in [2.05, 4.69) is 16.0 Å². The van der Waals surface area contributed by atoms with Crippen LogP contribution in [-0.4, -0.2) is 38.4 Å². The Morgan fingerprint density at radius 1 is 1.20 bits per heavy atom. The average molecular weight is 275 g/mol. The zero-order valence-electron chi connectivity index (χ0n) is 11.0. The zero-order valence-corrected chi connectivity index (χ0v) is 11.0. The molecule has 2 amide bonds. The zero-order chi connectivity index (χ0) is 13.5. The predicted octanol–water partition coefficient (Wildman–Crippen LogP) is 0.797. The molecule has 4 rings (SSSR count). The summed E-state index contributed by atoms with van der Waals surface area (Å²) in [5, 5.41) is 9.19. The van der Waals surface area contributed by atoms with Gasteiger partial charge in [-0.2, -0.15) is 0 Å². The molecule has 2 heterocycles. The van der Waals surface area contributed by atoms with Crippen molar-refractivity contribution in [3.63, 3.8) is 0 Å². The van der Waals surface area contributed by atoms with Crippen molar-refractivity contribution < 1.29 is 14.3 Å². The fourth-order valence-corrected chi connectivity index (χ4v) is 3.11. The van der Waals surface area contributed by atoms with Gasteiger partial charge in [0.2, 0.25) is 0 Å². The molecule has 3 N–H and O–H groups in total. The fraction of sp³-hybridized carbons (Fsp3) is 0.500. The van der Waals surface area contributed by atoms with Crippen molar-refractivity contribution in [1.29, 1.82) is 0 Å². The number of carbonyl (C=O) groups excluding carboxylic acids is 1. The monoisotopic (exact) mass is 275 g/mol. The van der Waals surface area contributed by atoms with Crippen LogP contribution in [0.4, 0.5) is 10.5 Å². The lowest BCUT2D eigenvalue weighted by atomic mass is 10.2. The van der Waals surface area contributed by atoms with Crippen LogP contribution in [0, 0.1) is 11.8 Å². The van der Waals surface area contributed by atoms with Crippen molar-refractivity contribution in [2.75, 3.05) is 31.6 Å². The third-order valence-electron chi connectivity index (χ3n) is 4.20. The summed E-state index contributed by atoms with van der Waals surface area (Å²) < 4.78 is 11.1. The molecule has 106 valence electrons. The van der Waals surface area contributed by atoms with Crippen molar-refractivity contribution in [3.8, 4) is 11.5 Å². The molecule has 0 bridgehead atoms. The van der Waals surface area contributed by atoms with Crippen LogP contribution in [0.15, 0.2) is 18.2 Å². The van der Waals surface area contributed by atoms with Gasteiger partial charge in [-0.05, 0) is 24.0 Å². The number of anilines is 1. The van der Waals surface area contributed by atoms with Crippen LogP contribution in [0.2, 0.25) is 0 Å². The Kier molecular flexibility index (Phi) is 2.70. The SMILES string of the molecule is O=C(Nc1cccc2c1OCCO2)NC1[C@H]2CNC[C@@H]12. The molecule has 0 spiro atoms. The first-order chi connectivity index (χ1) is 9.83. The van der Waals surface area contributed by atoms with Gasteiger partial charge in [-0.1, -0.05) is 6.07 Å². The van der Waals surface area contributed by atoms with E-state index in [1.54, 1.807) is 0 Å².